The Labute approximate surface area is 138 Å². The average Bonchev–Trinajstić information content (AvgIpc) is 3.08. The largest absolute Gasteiger partial charge is 0.383 e. The number of thioether (sulfide) groups is 1. The first-order chi connectivity index (χ1) is 11.2. The van der Waals surface area contributed by atoms with Crippen LogP contribution in [-0.4, -0.2) is 79.8 Å². The number of nitrogens with zero attached hydrogens (tertiary/aromatic N) is 6. The molecule has 3 rings (SSSR count). The molecule has 1 amide bonds. The summed E-state index contributed by atoms with van der Waals surface area (Å²) in [5.74, 6) is 2.15. The van der Waals surface area contributed by atoms with E-state index >= 15 is 0 Å². The van der Waals surface area contributed by atoms with Gasteiger partial charge >= 0.3 is 0 Å². The number of carbonyl (C=O) groups is 1. The average molecular weight is 336 g/mol. The van der Waals surface area contributed by atoms with Crippen molar-refractivity contribution in [3.8, 4) is 0 Å². The Kier molecular flexibility index (Phi) is 4.97. The molecular formula is C14H20N6O2S. The third-order valence-corrected chi connectivity index (χ3v) is 4.63. The van der Waals surface area contributed by atoms with Gasteiger partial charge in [-0.3, -0.25) is 9.20 Å². The van der Waals surface area contributed by atoms with E-state index in [1.165, 1.54) is 0 Å². The van der Waals surface area contributed by atoms with Crippen LogP contribution in [0, 0.1) is 0 Å². The van der Waals surface area contributed by atoms with E-state index in [9.17, 15) is 9.90 Å². The van der Waals surface area contributed by atoms with Crippen molar-refractivity contribution in [2.75, 3.05) is 43.1 Å². The van der Waals surface area contributed by atoms with E-state index in [0.717, 1.165) is 11.6 Å². The van der Waals surface area contributed by atoms with Crippen LogP contribution in [0.5, 0.6) is 0 Å². The maximum Gasteiger partial charge on any atom is 0.256 e. The maximum atomic E-state index is 12.2. The second-order valence-electron chi connectivity index (χ2n) is 5.41. The van der Waals surface area contributed by atoms with Gasteiger partial charge in [-0.25, -0.2) is 4.98 Å². The molecule has 1 aliphatic heterocycles. The van der Waals surface area contributed by atoms with Crippen LogP contribution in [0.2, 0.25) is 0 Å². The lowest BCUT2D eigenvalue weighted by Crippen LogP contribution is -2.52. The van der Waals surface area contributed by atoms with Crippen molar-refractivity contribution in [3.63, 3.8) is 0 Å². The van der Waals surface area contributed by atoms with Crippen molar-refractivity contribution >= 4 is 29.3 Å². The third-order valence-electron chi connectivity index (χ3n) is 3.99. The minimum atomic E-state index is -0.889. The van der Waals surface area contributed by atoms with E-state index in [1.54, 1.807) is 29.2 Å². The molecule has 0 saturated carbocycles. The summed E-state index contributed by atoms with van der Waals surface area (Å²) < 4.78 is 1.84. The zero-order valence-electron chi connectivity index (χ0n) is 13.0. The summed E-state index contributed by atoms with van der Waals surface area (Å²) in [6, 6.07) is 1.92. The summed E-state index contributed by atoms with van der Waals surface area (Å²) >= 11 is 1.63. The highest BCUT2D eigenvalue weighted by molar-refractivity contribution is 7.98. The Bertz CT molecular complexity index is 670. The molecule has 1 saturated heterocycles. The van der Waals surface area contributed by atoms with Crippen LogP contribution in [0.25, 0.3) is 5.78 Å². The fourth-order valence-electron chi connectivity index (χ4n) is 2.71. The lowest BCUT2D eigenvalue weighted by Gasteiger charge is -2.36. The molecule has 2 aromatic rings. The SMILES string of the molecule is CSCCC(O)C(=O)N1CCN(c2ccnc3nncn23)CC1. The fourth-order valence-corrected chi connectivity index (χ4v) is 3.17. The molecule has 1 fully saturated rings. The number of aromatic nitrogens is 4. The first-order valence-electron chi connectivity index (χ1n) is 7.56. The molecule has 0 aromatic carbocycles. The standard InChI is InChI=1S/C14H20N6O2S/c1-23-9-3-11(21)13(22)19-7-5-18(6-8-19)12-2-4-15-14-17-16-10-20(12)14/h2,4,10-11,21H,3,5-9H2,1H3. The quantitative estimate of drug-likeness (QED) is 0.815. The number of hydrogen-bond donors (Lipinski definition) is 1. The van der Waals surface area contributed by atoms with Crippen molar-refractivity contribution in [3.05, 3.63) is 18.6 Å². The monoisotopic (exact) mass is 336 g/mol. The Morgan fingerprint density at radius 2 is 2.17 bits per heavy atom. The highest BCUT2D eigenvalue weighted by Gasteiger charge is 2.26. The zero-order chi connectivity index (χ0) is 16.2. The summed E-state index contributed by atoms with van der Waals surface area (Å²) in [4.78, 5) is 20.3. The van der Waals surface area contributed by atoms with Crippen LogP contribution >= 0.6 is 11.8 Å². The van der Waals surface area contributed by atoms with E-state index in [4.69, 9.17) is 0 Å². The highest BCUT2D eigenvalue weighted by atomic mass is 32.2. The molecule has 2 aromatic heterocycles. The summed E-state index contributed by atoms with van der Waals surface area (Å²) in [5, 5.41) is 17.8. The van der Waals surface area contributed by atoms with Gasteiger partial charge in [0, 0.05) is 32.4 Å². The second kappa shape index (κ2) is 7.14. The van der Waals surface area contributed by atoms with Gasteiger partial charge in [-0.2, -0.15) is 11.8 Å². The zero-order valence-corrected chi connectivity index (χ0v) is 13.8. The molecule has 8 nitrogen and oxygen atoms in total. The van der Waals surface area contributed by atoms with E-state index in [-0.39, 0.29) is 5.91 Å². The molecule has 0 bridgehead atoms. The molecular weight excluding hydrogens is 316 g/mol. The number of aliphatic hydroxyl groups is 1. The minimum Gasteiger partial charge on any atom is -0.383 e. The van der Waals surface area contributed by atoms with Crippen molar-refractivity contribution in [2.24, 2.45) is 0 Å². The Balaban J connectivity index is 1.62. The fraction of sp³-hybridized carbons (Fsp3) is 0.571. The van der Waals surface area contributed by atoms with Gasteiger partial charge in [-0.15, -0.1) is 10.2 Å². The Morgan fingerprint density at radius 3 is 2.91 bits per heavy atom. The van der Waals surface area contributed by atoms with Crippen LogP contribution in [0.3, 0.4) is 0 Å². The van der Waals surface area contributed by atoms with Crippen LogP contribution in [-0.2, 0) is 4.79 Å². The van der Waals surface area contributed by atoms with Crippen molar-refractivity contribution in [2.45, 2.75) is 12.5 Å². The molecule has 1 atom stereocenters. The number of amides is 1. The van der Waals surface area contributed by atoms with Gasteiger partial charge in [-0.05, 0) is 24.5 Å². The third kappa shape index (κ3) is 3.40. The van der Waals surface area contributed by atoms with Crippen LogP contribution < -0.4 is 4.90 Å². The van der Waals surface area contributed by atoms with Crippen molar-refractivity contribution in [1.29, 1.82) is 0 Å². The Hall–Kier alpha value is -1.87. The molecule has 9 heteroatoms. The number of carbonyl (C=O) groups excluding carboxylic acids is 1. The molecule has 3 heterocycles. The minimum absolute atomic E-state index is 0.164. The highest BCUT2D eigenvalue weighted by Crippen LogP contribution is 2.17. The molecule has 1 aliphatic rings. The number of anilines is 1. The normalized spacial score (nSPS) is 16.8. The summed E-state index contributed by atoms with van der Waals surface area (Å²) in [6.07, 6.45) is 4.94. The number of aliphatic hydroxyl groups excluding tert-OH is 1. The van der Waals surface area contributed by atoms with Crippen LogP contribution in [0.15, 0.2) is 18.6 Å². The first kappa shape index (κ1) is 16.0. The van der Waals surface area contributed by atoms with Gasteiger partial charge in [0.2, 0.25) is 0 Å². The lowest BCUT2D eigenvalue weighted by molar-refractivity contribution is -0.140. The second-order valence-corrected chi connectivity index (χ2v) is 6.40. The molecule has 1 N–H and O–H groups in total. The van der Waals surface area contributed by atoms with Gasteiger partial charge in [0.15, 0.2) is 0 Å². The van der Waals surface area contributed by atoms with Gasteiger partial charge in [0.05, 0.1) is 0 Å². The number of rotatable bonds is 5. The first-order valence-corrected chi connectivity index (χ1v) is 8.95. The van der Waals surface area contributed by atoms with Gasteiger partial charge in [-0.1, -0.05) is 0 Å². The predicted octanol–water partition coefficient (Wildman–Crippen LogP) is -0.113. The molecule has 0 spiro atoms. The molecule has 0 aliphatic carbocycles. The van der Waals surface area contributed by atoms with Crippen molar-refractivity contribution < 1.29 is 9.90 Å². The van der Waals surface area contributed by atoms with E-state index in [0.29, 0.717) is 38.4 Å². The number of piperazine rings is 1. The maximum absolute atomic E-state index is 12.2. The summed E-state index contributed by atoms with van der Waals surface area (Å²) in [5.41, 5.74) is 0. The molecule has 1 unspecified atom stereocenters. The number of fused-ring (bicyclic) bond motifs is 1. The van der Waals surface area contributed by atoms with Crippen LogP contribution in [0.1, 0.15) is 6.42 Å². The summed E-state index contributed by atoms with van der Waals surface area (Å²) in [7, 11) is 0. The van der Waals surface area contributed by atoms with Gasteiger partial charge in [0.25, 0.3) is 11.7 Å². The van der Waals surface area contributed by atoms with E-state index in [1.807, 2.05) is 16.7 Å². The number of hydrogen-bond acceptors (Lipinski definition) is 7. The summed E-state index contributed by atoms with van der Waals surface area (Å²) in [6.45, 7) is 2.61. The van der Waals surface area contributed by atoms with Gasteiger partial charge < -0.3 is 14.9 Å². The van der Waals surface area contributed by atoms with Gasteiger partial charge in [0.1, 0.15) is 18.2 Å². The smallest absolute Gasteiger partial charge is 0.256 e. The predicted molar refractivity (Wildman–Crippen MR) is 88.6 cm³/mol. The molecule has 0 radical (unpaired) electrons. The lowest BCUT2D eigenvalue weighted by atomic mass is 10.2. The van der Waals surface area contributed by atoms with E-state index in [2.05, 4.69) is 20.1 Å². The van der Waals surface area contributed by atoms with Crippen molar-refractivity contribution in [1.82, 2.24) is 24.5 Å². The molecule has 23 heavy (non-hydrogen) atoms. The van der Waals surface area contributed by atoms with Crippen LogP contribution in [0.4, 0.5) is 5.82 Å². The topological polar surface area (TPSA) is 86.9 Å². The Morgan fingerprint density at radius 1 is 1.39 bits per heavy atom. The van der Waals surface area contributed by atoms with E-state index < -0.39 is 6.10 Å². The molecule has 124 valence electrons.